The number of benzene rings is 2. The molecule has 0 atom stereocenters. The molecule has 1 aliphatic rings. The van der Waals surface area contributed by atoms with Gasteiger partial charge in [0.25, 0.3) is 0 Å². The molecule has 1 nitrogen and oxygen atoms in total. The molecule has 0 saturated heterocycles. The minimum Gasteiger partial charge on any atom is -0.368 e. The number of aryl methyl sites for hydroxylation is 3. The zero-order chi connectivity index (χ0) is 26.5. The Labute approximate surface area is 215 Å². The minimum atomic E-state index is -0.153. The van der Waals surface area contributed by atoms with Crippen LogP contribution >= 0.6 is 0 Å². The predicted octanol–water partition coefficient (Wildman–Crippen LogP) is 9.99. The summed E-state index contributed by atoms with van der Waals surface area (Å²) >= 11 is 0. The third kappa shape index (κ3) is 14.9. The largest absolute Gasteiger partial charge is 0.368 e. The van der Waals surface area contributed by atoms with E-state index in [1.807, 2.05) is 24.4 Å². The van der Waals surface area contributed by atoms with Crippen molar-refractivity contribution in [3.8, 4) is 0 Å². The second-order valence-electron chi connectivity index (χ2n) is 8.72. The lowest BCUT2D eigenvalue weighted by molar-refractivity contribution is 0.627. The van der Waals surface area contributed by atoms with Gasteiger partial charge in [0.1, 0.15) is 5.82 Å². The normalized spacial score (nSPS) is 11.7. The van der Waals surface area contributed by atoms with Crippen LogP contribution in [0.2, 0.25) is 0 Å². The SMILES string of the molecule is C=CC(=C)c1ccc2c(c1)CCCC2.C=CN/C=C(\C)CC.CCC.CCCc1ccc(F)cc1. The fourth-order valence-corrected chi connectivity index (χ4v) is 3.29. The van der Waals surface area contributed by atoms with Crippen molar-refractivity contribution >= 4 is 5.57 Å². The summed E-state index contributed by atoms with van der Waals surface area (Å²) in [5, 5.41) is 2.90. The van der Waals surface area contributed by atoms with Crippen LogP contribution in [-0.4, -0.2) is 0 Å². The molecule has 1 N–H and O–H groups in total. The lowest BCUT2D eigenvalue weighted by Gasteiger charge is -2.16. The van der Waals surface area contributed by atoms with E-state index < -0.39 is 0 Å². The van der Waals surface area contributed by atoms with Crippen LogP contribution in [-0.2, 0) is 19.3 Å². The van der Waals surface area contributed by atoms with Crippen molar-refractivity contribution in [2.24, 2.45) is 0 Å². The molecule has 0 unspecified atom stereocenters. The summed E-state index contributed by atoms with van der Waals surface area (Å²) < 4.78 is 12.3. The van der Waals surface area contributed by atoms with Gasteiger partial charge in [-0.25, -0.2) is 4.39 Å². The summed E-state index contributed by atoms with van der Waals surface area (Å²) in [6, 6.07) is 13.4. The molecule has 0 fully saturated rings. The van der Waals surface area contributed by atoms with Crippen LogP contribution in [0.15, 0.2) is 86.3 Å². The van der Waals surface area contributed by atoms with Gasteiger partial charge in [-0.15, -0.1) is 0 Å². The monoisotopic (exact) mass is 477 g/mol. The van der Waals surface area contributed by atoms with E-state index in [1.54, 1.807) is 6.20 Å². The van der Waals surface area contributed by atoms with Gasteiger partial charge in [0.2, 0.25) is 0 Å². The van der Waals surface area contributed by atoms with Gasteiger partial charge in [-0.2, -0.15) is 0 Å². The Kier molecular flexibility index (Phi) is 18.8. The predicted molar refractivity (Wildman–Crippen MR) is 156 cm³/mol. The van der Waals surface area contributed by atoms with E-state index in [0.717, 1.165) is 24.8 Å². The lowest BCUT2D eigenvalue weighted by Crippen LogP contribution is -2.02. The molecule has 2 heteroatoms. The van der Waals surface area contributed by atoms with Gasteiger partial charge in [0, 0.05) is 0 Å². The number of fused-ring (bicyclic) bond motifs is 1. The Morgan fingerprint density at radius 3 is 2.06 bits per heavy atom. The number of hydrogen-bond acceptors (Lipinski definition) is 1. The van der Waals surface area contributed by atoms with E-state index in [0.29, 0.717) is 0 Å². The molecule has 0 heterocycles. The molecule has 1 aliphatic carbocycles. The molecule has 2 aromatic rings. The highest BCUT2D eigenvalue weighted by molar-refractivity contribution is 5.72. The van der Waals surface area contributed by atoms with E-state index in [1.165, 1.54) is 72.1 Å². The molecule has 0 amide bonds. The van der Waals surface area contributed by atoms with E-state index in [2.05, 4.69) is 77.9 Å². The van der Waals surface area contributed by atoms with E-state index in [9.17, 15) is 4.39 Å². The summed E-state index contributed by atoms with van der Waals surface area (Å²) in [6.07, 6.45) is 15.1. The molecule has 3 rings (SSSR count). The van der Waals surface area contributed by atoms with Crippen LogP contribution < -0.4 is 5.32 Å². The van der Waals surface area contributed by atoms with Crippen molar-refractivity contribution in [1.82, 2.24) is 5.32 Å². The highest BCUT2D eigenvalue weighted by Crippen LogP contribution is 2.24. The number of nitrogens with one attached hydrogen (secondary N) is 1. The smallest absolute Gasteiger partial charge is 0.123 e. The Bertz CT molecular complexity index is 890. The molecule has 0 radical (unpaired) electrons. The Hall–Kier alpha value is -2.87. The van der Waals surface area contributed by atoms with Gasteiger partial charge in [-0.3, -0.25) is 0 Å². The van der Waals surface area contributed by atoms with Crippen LogP contribution in [0.25, 0.3) is 5.57 Å². The van der Waals surface area contributed by atoms with Crippen LogP contribution in [0.4, 0.5) is 4.39 Å². The first-order valence-corrected chi connectivity index (χ1v) is 13.1. The number of rotatable bonds is 7. The topological polar surface area (TPSA) is 12.0 Å². The molecule has 0 spiro atoms. The second-order valence-corrected chi connectivity index (χ2v) is 8.72. The molecule has 0 saturated carbocycles. The van der Waals surface area contributed by atoms with Gasteiger partial charge >= 0.3 is 0 Å². The highest BCUT2D eigenvalue weighted by atomic mass is 19.1. The van der Waals surface area contributed by atoms with E-state index in [-0.39, 0.29) is 5.82 Å². The molecular weight excluding hydrogens is 429 g/mol. The first-order valence-electron chi connectivity index (χ1n) is 13.1. The minimum absolute atomic E-state index is 0.153. The van der Waals surface area contributed by atoms with Crippen molar-refractivity contribution in [2.45, 2.75) is 86.0 Å². The number of allylic oxidation sites excluding steroid dienone is 3. The van der Waals surface area contributed by atoms with Gasteiger partial charge in [0.05, 0.1) is 0 Å². The van der Waals surface area contributed by atoms with Gasteiger partial charge in [-0.1, -0.05) is 102 Å². The van der Waals surface area contributed by atoms with E-state index >= 15 is 0 Å². The van der Waals surface area contributed by atoms with Crippen LogP contribution in [0.1, 0.15) is 89.0 Å². The fraction of sp³-hybridized carbons (Fsp3) is 0.394. The zero-order valence-corrected chi connectivity index (χ0v) is 22.9. The van der Waals surface area contributed by atoms with Gasteiger partial charge in [0.15, 0.2) is 0 Å². The van der Waals surface area contributed by atoms with Crippen molar-refractivity contribution in [1.29, 1.82) is 0 Å². The summed E-state index contributed by atoms with van der Waals surface area (Å²) in [4.78, 5) is 0. The average molecular weight is 478 g/mol. The Balaban J connectivity index is 0.000000488. The molecule has 35 heavy (non-hydrogen) atoms. The summed E-state index contributed by atoms with van der Waals surface area (Å²) in [6.45, 7) is 21.8. The second kappa shape index (κ2) is 20.5. The van der Waals surface area contributed by atoms with Gasteiger partial charge in [-0.05, 0) is 97.8 Å². The van der Waals surface area contributed by atoms with E-state index in [4.69, 9.17) is 0 Å². The highest BCUT2D eigenvalue weighted by Gasteiger charge is 2.09. The summed E-state index contributed by atoms with van der Waals surface area (Å²) in [5.41, 5.74) is 7.83. The quantitative estimate of drug-likeness (QED) is 0.391. The molecule has 0 aromatic heterocycles. The number of hydrogen-bond donors (Lipinski definition) is 1. The molecule has 0 bridgehead atoms. The standard InChI is InChI=1S/C14H16.C9H11F.C7H13N.C3H8/c1-3-11(2)13-9-8-12-6-4-5-7-14(12)10-13;1-2-3-8-4-6-9(10)7-5-8;1-4-7(3)6-8-5-2;1-3-2/h3,8-10H,1-2,4-7H2;4-7H,2-3H2,1H3;5-6,8H,2,4H2,1,3H3;3H2,1-2H3/b;;7-6+;. The van der Waals surface area contributed by atoms with Crippen LogP contribution in [0, 0.1) is 5.82 Å². The summed E-state index contributed by atoms with van der Waals surface area (Å²) in [5.74, 6) is -0.153. The first-order chi connectivity index (χ1) is 16.9. The third-order valence-electron chi connectivity index (χ3n) is 5.42. The number of halogens is 1. The Morgan fingerprint density at radius 1 is 0.943 bits per heavy atom. The molecule has 0 aliphatic heterocycles. The first kappa shape index (κ1) is 32.1. The maximum absolute atomic E-state index is 12.3. The van der Waals surface area contributed by atoms with Crippen molar-refractivity contribution in [3.05, 3.63) is 114 Å². The maximum atomic E-state index is 12.3. The van der Waals surface area contributed by atoms with Crippen molar-refractivity contribution in [3.63, 3.8) is 0 Å². The van der Waals surface area contributed by atoms with Crippen LogP contribution in [0.3, 0.4) is 0 Å². The van der Waals surface area contributed by atoms with Crippen LogP contribution in [0.5, 0.6) is 0 Å². The molecule has 192 valence electrons. The third-order valence-corrected chi connectivity index (χ3v) is 5.42. The zero-order valence-electron chi connectivity index (χ0n) is 22.9. The average Bonchev–Trinajstić information content (AvgIpc) is 2.89. The maximum Gasteiger partial charge on any atom is 0.123 e. The fourth-order valence-electron chi connectivity index (χ4n) is 3.29. The summed E-state index contributed by atoms with van der Waals surface area (Å²) in [7, 11) is 0. The van der Waals surface area contributed by atoms with Crippen molar-refractivity contribution in [2.75, 3.05) is 0 Å². The lowest BCUT2D eigenvalue weighted by atomic mass is 9.89. The Morgan fingerprint density at radius 2 is 1.54 bits per heavy atom. The van der Waals surface area contributed by atoms with Gasteiger partial charge < -0.3 is 5.32 Å². The molecular formula is C33H48FN. The van der Waals surface area contributed by atoms with Crippen molar-refractivity contribution < 1.29 is 4.39 Å². The molecule has 2 aromatic carbocycles.